The number of alkyl halides is 3. The number of hydrogen-bond donors (Lipinski definition) is 1. The van der Waals surface area contributed by atoms with Crippen LogP contribution in [0.15, 0.2) is 18.2 Å². The fourth-order valence-electron chi connectivity index (χ4n) is 3.71. The third-order valence-corrected chi connectivity index (χ3v) is 7.24. The van der Waals surface area contributed by atoms with Crippen molar-refractivity contribution in [2.24, 2.45) is 0 Å². The maximum Gasteiger partial charge on any atom is 0.495 e. The zero-order chi connectivity index (χ0) is 22.8. The van der Waals surface area contributed by atoms with Gasteiger partial charge in [0.25, 0.3) is 0 Å². The van der Waals surface area contributed by atoms with E-state index in [0.717, 1.165) is 11.3 Å². The standard InChI is InChI=1S/C20H22BF3N2O4S/c1-18(2)19(3,4)30-21(29-18)12-7-5-6-11(15(12)20(22,23)24)16-25-13-8-9-26(17(27)28)10-14(13)31-16/h5-7H,8-10H2,1-4H3,(H,27,28). The Morgan fingerprint density at radius 3 is 2.45 bits per heavy atom. The average Bonchev–Trinajstić information content (AvgIpc) is 3.17. The number of thiazole rings is 1. The molecule has 0 bridgehead atoms. The molecule has 0 unspecified atom stereocenters. The van der Waals surface area contributed by atoms with Crippen LogP contribution in [0, 0.1) is 0 Å². The van der Waals surface area contributed by atoms with Crippen LogP contribution in [-0.2, 0) is 28.5 Å². The third kappa shape index (κ3) is 3.83. The molecule has 0 spiro atoms. The molecule has 0 aliphatic carbocycles. The van der Waals surface area contributed by atoms with Gasteiger partial charge in [0.15, 0.2) is 0 Å². The van der Waals surface area contributed by atoms with Crippen molar-refractivity contribution in [1.29, 1.82) is 0 Å². The van der Waals surface area contributed by atoms with E-state index in [1.54, 1.807) is 27.7 Å². The Morgan fingerprint density at radius 2 is 1.87 bits per heavy atom. The van der Waals surface area contributed by atoms with E-state index in [0.29, 0.717) is 17.0 Å². The smallest absolute Gasteiger partial charge is 0.465 e. The molecule has 11 heteroatoms. The van der Waals surface area contributed by atoms with Gasteiger partial charge < -0.3 is 19.3 Å². The van der Waals surface area contributed by atoms with E-state index in [9.17, 15) is 23.1 Å². The quantitative estimate of drug-likeness (QED) is 0.691. The molecule has 2 aliphatic rings. The van der Waals surface area contributed by atoms with Crippen molar-refractivity contribution in [2.45, 2.75) is 58.0 Å². The highest BCUT2D eigenvalue weighted by Gasteiger charge is 2.54. The Bertz CT molecular complexity index is 1020. The molecular formula is C20H22BF3N2O4S. The Kier molecular flexibility index (Phi) is 5.14. The summed E-state index contributed by atoms with van der Waals surface area (Å²) in [6.07, 6.45) is -5.34. The van der Waals surface area contributed by atoms with E-state index in [4.69, 9.17) is 9.31 Å². The molecule has 31 heavy (non-hydrogen) atoms. The Hall–Kier alpha value is -2.11. The number of fused-ring (bicyclic) bond motifs is 1. The van der Waals surface area contributed by atoms with Gasteiger partial charge in [-0.1, -0.05) is 18.2 Å². The molecule has 0 saturated carbocycles. The molecule has 1 aromatic carbocycles. The summed E-state index contributed by atoms with van der Waals surface area (Å²) in [4.78, 5) is 17.6. The summed E-state index contributed by atoms with van der Waals surface area (Å²) in [6.45, 7) is 7.53. The fourth-order valence-corrected chi connectivity index (χ4v) is 4.86. The average molecular weight is 454 g/mol. The monoisotopic (exact) mass is 454 g/mol. The van der Waals surface area contributed by atoms with Crippen LogP contribution in [0.5, 0.6) is 0 Å². The SMILES string of the molecule is CC1(C)OB(c2cccc(-c3nc4c(s3)CN(C(=O)O)CC4)c2C(F)(F)F)OC1(C)C. The van der Waals surface area contributed by atoms with E-state index in [1.807, 2.05) is 0 Å². The second kappa shape index (κ2) is 7.21. The predicted octanol–water partition coefficient (Wildman–Crippen LogP) is 4.16. The molecule has 6 nitrogen and oxygen atoms in total. The van der Waals surface area contributed by atoms with Crippen LogP contribution >= 0.6 is 11.3 Å². The lowest BCUT2D eigenvalue weighted by molar-refractivity contribution is -0.136. The highest BCUT2D eigenvalue weighted by molar-refractivity contribution is 7.15. The lowest BCUT2D eigenvalue weighted by Gasteiger charge is -2.32. The minimum Gasteiger partial charge on any atom is -0.465 e. The number of carbonyl (C=O) groups is 1. The van der Waals surface area contributed by atoms with E-state index < -0.39 is 36.2 Å². The molecule has 166 valence electrons. The summed E-state index contributed by atoms with van der Waals surface area (Å²) in [7, 11) is -1.17. The predicted molar refractivity (Wildman–Crippen MR) is 110 cm³/mol. The van der Waals surface area contributed by atoms with Gasteiger partial charge in [0.2, 0.25) is 0 Å². The van der Waals surface area contributed by atoms with Gasteiger partial charge in [-0.2, -0.15) is 13.2 Å². The molecule has 2 aromatic rings. The van der Waals surface area contributed by atoms with E-state index in [2.05, 4.69) is 4.98 Å². The molecule has 4 rings (SSSR count). The van der Waals surface area contributed by atoms with Crippen LogP contribution in [0.2, 0.25) is 0 Å². The molecule has 0 radical (unpaired) electrons. The van der Waals surface area contributed by atoms with Gasteiger partial charge >= 0.3 is 19.4 Å². The largest absolute Gasteiger partial charge is 0.495 e. The van der Waals surface area contributed by atoms with Crippen LogP contribution < -0.4 is 5.46 Å². The summed E-state index contributed by atoms with van der Waals surface area (Å²) in [5.74, 6) is 0. The van der Waals surface area contributed by atoms with Crippen molar-refractivity contribution in [3.8, 4) is 10.6 Å². The fraction of sp³-hybridized carbons (Fsp3) is 0.500. The summed E-state index contributed by atoms with van der Waals surface area (Å²) < 4.78 is 54.6. The zero-order valence-corrected chi connectivity index (χ0v) is 18.4. The molecule has 1 amide bonds. The lowest BCUT2D eigenvalue weighted by atomic mass is 9.74. The van der Waals surface area contributed by atoms with Gasteiger partial charge in [-0.3, -0.25) is 0 Å². The summed E-state index contributed by atoms with van der Waals surface area (Å²) >= 11 is 1.09. The number of aromatic nitrogens is 1. The van der Waals surface area contributed by atoms with Gasteiger partial charge in [0, 0.05) is 23.4 Å². The van der Waals surface area contributed by atoms with Crippen LogP contribution in [0.4, 0.5) is 18.0 Å². The maximum atomic E-state index is 14.3. The molecule has 1 aromatic heterocycles. The van der Waals surface area contributed by atoms with Crippen molar-refractivity contribution in [2.75, 3.05) is 6.54 Å². The number of benzene rings is 1. The van der Waals surface area contributed by atoms with E-state index in [-0.39, 0.29) is 29.1 Å². The minimum absolute atomic E-state index is 0.0546. The maximum absolute atomic E-state index is 14.3. The van der Waals surface area contributed by atoms with Gasteiger partial charge in [-0.25, -0.2) is 9.78 Å². The number of rotatable bonds is 2. The third-order valence-electron chi connectivity index (χ3n) is 6.12. The summed E-state index contributed by atoms with van der Waals surface area (Å²) in [5.41, 5.74) is -1.90. The Labute approximate surface area is 182 Å². The molecule has 3 heterocycles. The van der Waals surface area contributed by atoms with Crippen molar-refractivity contribution in [3.63, 3.8) is 0 Å². The van der Waals surface area contributed by atoms with Crippen molar-refractivity contribution in [3.05, 3.63) is 34.3 Å². The molecule has 1 N–H and O–H groups in total. The first-order chi connectivity index (χ1) is 14.3. The van der Waals surface area contributed by atoms with Crippen molar-refractivity contribution in [1.82, 2.24) is 9.88 Å². The van der Waals surface area contributed by atoms with Crippen LogP contribution in [0.25, 0.3) is 10.6 Å². The highest BCUT2D eigenvalue weighted by Crippen LogP contribution is 2.42. The van der Waals surface area contributed by atoms with Crippen LogP contribution in [0.3, 0.4) is 0 Å². The van der Waals surface area contributed by atoms with Crippen molar-refractivity contribution < 1.29 is 32.4 Å². The highest BCUT2D eigenvalue weighted by atomic mass is 32.1. The number of nitrogens with zero attached hydrogens (tertiary/aromatic N) is 2. The molecule has 1 saturated heterocycles. The number of amides is 1. The van der Waals surface area contributed by atoms with Gasteiger partial charge in [-0.05, 0) is 33.2 Å². The Morgan fingerprint density at radius 1 is 1.23 bits per heavy atom. The minimum atomic E-state index is -4.66. The number of carboxylic acid groups (broad SMARTS) is 1. The van der Waals surface area contributed by atoms with Gasteiger partial charge in [0.1, 0.15) is 5.01 Å². The normalized spacial score (nSPS) is 20.1. The van der Waals surface area contributed by atoms with Crippen molar-refractivity contribution >= 4 is 30.0 Å². The van der Waals surface area contributed by atoms with E-state index in [1.165, 1.54) is 23.1 Å². The second-order valence-corrected chi connectivity index (χ2v) is 9.78. The molecule has 0 atom stereocenters. The zero-order valence-electron chi connectivity index (χ0n) is 17.5. The second-order valence-electron chi connectivity index (χ2n) is 8.70. The first-order valence-electron chi connectivity index (χ1n) is 9.83. The molecule has 1 fully saturated rings. The first-order valence-corrected chi connectivity index (χ1v) is 10.6. The lowest BCUT2D eigenvalue weighted by Crippen LogP contribution is -2.41. The number of halogens is 3. The number of hydrogen-bond acceptors (Lipinski definition) is 5. The van der Waals surface area contributed by atoms with Crippen LogP contribution in [0.1, 0.15) is 43.8 Å². The summed E-state index contributed by atoms with van der Waals surface area (Å²) in [6, 6.07) is 4.29. The van der Waals surface area contributed by atoms with Gasteiger partial charge in [-0.15, -0.1) is 11.3 Å². The molecule has 2 aliphatic heterocycles. The van der Waals surface area contributed by atoms with Gasteiger partial charge in [0.05, 0.1) is 29.0 Å². The summed E-state index contributed by atoms with van der Waals surface area (Å²) in [5, 5.41) is 9.43. The topological polar surface area (TPSA) is 71.9 Å². The van der Waals surface area contributed by atoms with E-state index >= 15 is 0 Å². The van der Waals surface area contributed by atoms with Crippen LogP contribution in [-0.4, -0.2) is 45.9 Å². The molecular weight excluding hydrogens is 432 g/mol. The Balaban J connectivity index is 1.79. The first kappa shape index (κ1) is 22.1.